The first kappa shape index (κ1) is 11.9. The number of quaternary nitrogens is 1. The van der Waals surface area contributed by atoms with Crippen molar-refractivity contribution in [2.45, 2.75) is 18.9 Å². The second-order valence-electron chi connectivity index (χ2n) is 4.38. The Morgan fingerprint density at radius 2 is 1.18 bits per heavy atom. The summed E-state index contributed by atoms with van der Waals surface area (Å²) in [5.74, 6) is 0. The van der Waals surface area contributed by atoms with Gasteiger partial charge in [0.15, 0.2) is 0 Å². The molecule has 2 N–H and O–H groups in total. The normalized spacial score (nSPS) is 10.7. The Balaban J connectivity index is 1.98. The monoisotopic (exact) mass is 225 g/mol. The second-order valence-corrected chi connectivity index (χ2v) is 4.38. The maximum absolute atomic E-state index is 3.95. The van der Waals surface area contributed by atoms with Crippen LogP contribution >= 0.6 is 0 Å². The molecule has 0 aromatic heterocycles. The molecule has 0 spiro atoms. The minimum Gasteiger partial charge on any atom is -0.476 e. The van der Waals surface area contributed by atoms with E-state index in [0.717, 1.165) is 12.8 Å². The van der Waals surface area contributed by atoms with Gasteiger partial charge in [-0.3, -0.25) is 0 Å². The molecule has 0 unspecified atom stereocenters. The molecule has 0 radical (unpaired) electrons. The van der Waals surface area contributed by atoms with Gasteiger partial charge in [-0.05, 0) is 11.1 Å². The summed E-state index contributed by atoms with van der Waals surface area (Å²) in [6, 6.07) is 21.7. The molecule has 2 aromatic rings. The molecular weight excluding hydrogens is 206 g/mol. The Hall–Kier alpha value is -1.60. The lowest BCUT2D eigenvalue weighted by Crippen LogP contribution is -2.84. The van der Waals surface area contributed by atoms with Crippen molar-refractivity contribution in [2.75, 3.05) is 0 Å². The predicted octanol–water partition coefficient (Wildman–Crippen LogP) is 2.20. The first-order valence-electron chi connectivity index (χ1n) is 6.09. The summed E-state index contributed by atoms with van der Waals surface area (Å²) >= 11 is 0. The molecule has 0 fully saturated rings. The van der Waals surface area contributed by atoms with E-state index >= 15 is 0 Å². The average molecular weight is 225 g/mol. The molecule has 0 saturated carbocycles. The molecule has 88 valence electrons. The van der Waals surface area contributed by atoms with Gasteiger partial charge in [0.25, 0.3) is 0 Å². The molecule has 0 aliphatic heterocycles. The van der Waals surface area contributed by atoms with E-state index < -0.39 is 0 Å². The molecule has 1 heteroatoms. The van der Waals surface area contributed by atoms with E-state index in [2.05, 4.69) is 73.0 Å². The maximum atomic E-state index is 3.95. The fourth-order valence-corrected chi connectivity index (χ4v) is 2.07. The minimum atomic E-state index is 0.514. The molecule has 0 saturated heterocycles. The highest BCUT2D eigenvalue weighted by atomic mass is 14.9. The van der Waals surface area contributed by atoms with Crippen molar-refractivity contribution >= 4 is 0 Å². The van der Waals surface area contributed by atoms with E-state index in [1.807, 2.05) is 0 Å². The fourth-order valence-electron chi connectivity index (χ4n) is 2.07. The Kier molecular flexibility index (Phi) is 4.34. The average Bonchev–Trinajstić information content (AvgIpc) is 2.40. The lowest BCUT2D eigenvalue weighted by Gasteiger charge is -2.16. The van der Waals surface area contributed by atoms with E-state index in [1.165, 1.54) is 11.1 Å². The van der Waals surface area contributed by atoms with Crippen LogP contribution in [0.15, 0.2) is 60.7 Å². The van der Waals surface area contributed by atoms with Gasteiger partial charge in [0.05, 0.1) is 6.04 Å². The zero-order valence-electron chi connectivity index (χ0n) is 10.0. The Bertz CT molecular complexity index is 380. The topological polar surface area (TPSA) is 16.6 Å². The van der Waals surface area contributed by atoms with Crippen molar-refractivity contribution < 1.29 is 5.32 Å². The van der Waals surface area contributed by atoms with Gasteiger partial charge in [-0.25, -0.2) is 0 Å². The molecule has 0 amide bonds. The standard InChI is InChI=1S/C16H19N/c1-17-16(12-14-8-4-2-5-9-14)13-15-10-6-3-7-11-15/h2-11,16H,1,12-13,17H2. The molecular formula is C16H19N. The van der Waals surface area contributed by atoms with Gasteiger partial charge in [0.2, 0.25) is 0 Å². The number of rotatable bonds is 5. The summed E-state index contributed by atoms with van der Waals surface area (Å²) in [5, 5.41) is 2.07. The van der Waals surface area contributed by atoms with Crippen molar-refractivity contribution in [3.63, 3.8) is 0 Å². The molecule has 1 nitrogen and oxygen atoms in total. The zero-order chi connectivity index (χ0) is 11.9. The van der Waals surface area contributed by atoms with Crippen LogP contribution in [0.4, 0.5) is 0 Å². The van der Waals surface area contributed by atoms with Crippen LogP contribution in [0.1, 0.15) is 11.1 Å². The molecule has 0 heterocycles. The van der Waals surface area contributed by atoms with Gasteiger partial charge >= 0.3 is 0 Å². The van der Waals surface area contributed by atoms with Gasteiger partial charge in [-0.15, -0.1) is 0 Å². The SMILES string of the molecule is [CH2-][NH2+]C(Cc1ccccc1)Cc1ccccc1. The summed E-state index contributed by atoms with van der Waals surface area (Å²) in [4.78, 5) is 0. The van der Waals surface area contributed by atoms with Crippen molar-refractivity contribution in [2.24, 2.45) is 0 Å². The van der Waals surface area contributed by atoms with Crippen molar-refractivity contribution in [1.29, 1.82) is 0 Å². The largest absolute Gasteiger partial charge is 0.476 e. The number of hydrogen-bond donors (Lipinski definition) is 1. The van der Waals surface area contributed by atoms with Crippen molar-refractivity contribution in [1.82, 2.24) is 0 Å². The van der Waals surface area contributed by atoms with Crippen LogP contribution < -0.4 is 5.32 Å². The summed E-state index contributed by atoms with van der Waals surface area (Å²) in [7, 11) is 3.95. The highest BCUT2D eigenvalue weighted by Crippen LogP contribution is 2.06. The first-order valence-corrected chi connectivity index (χ1v) is 6.09. The van der Waals surface area contributed by atoms with Crippen LogP contribution in [0.25, 0.3) is 0 Å². The molecule has 2 aromatic carbocycles. The van der Waals surface area contributed by atoms with Crippen LogP contribution in [0.2, 0.25) is 0 Å². The van der Waals surface area contributed by atoms with Gasteiger partial charge in [-0.1, -0.05) is 60.7 Å². The third-order valence-corrected chi connectivity index (χ3v) is 3.01. The van der Waals surface area contributed by atoms with Crippen LogP contribution in [0.5, 0.6) is 0 Å². The highest BCUT2D eigenvalue weighted by molar-refractivity contribution is 5.18. The van der Waals surface area contributed by atoms with Gasteiger partial charge in [0, 0.05) is 12.8 Å². The summed E-state index contributed by atoms with van der Waals surface area (Å²) in [6.07, 6.45) is 2.14. The van der Waals surface area contributed by atoms with Gasteiger partial charge < -0.3 is 5.32 Å². The van der Waals surface area contributed by atoms with Crippen LogP contribution in [0, 0.1) is 7.05 Å². The van der Waals surface area contributed by atoms with E-state index in [9.17, 15) is 0 Å². The maximum Gasteiger partial charge on any atom is 0.0702 e. The van der Waals surface area contributed by atoms with E-state index in [1.54, 1.807) is 0 Å². The molecule has 2 rings (SSSR count). The Morgan fingerprint density at radius 3 is 1.53 bits per heavy atom. The quantitative estimate of drug-likeness (QED) is 0.751. The van der Waals surface area contributed by atoms with Crippen LogP contribution in [0.3, 0.4) is 0 Å². The van der Waals surface area contributed by atoms with Crippen molar-refractivity contribution in [3.8, 4) is 0 Å². The number of benzene rings is 2. The lowest BCUT2D eigenvalue weighted by atomic mass is 9.99. The third kappa shape index (κ3) is 3.72. The molecule has 0 atom stereocenters. The van der Waals surface area contributed by atoms with E-state index in [0.29, 0.717) is 6.04 Å². The van der Waals surface area contributed by atoms with Crippen molar-refractivity contribution in [3.05, 3.63) is 78.8 Å². The Morgan fingerprint density at radius 1 is 0.765 bits per heavy atom. The smallest absolute Gasteiger partial charge is 0.0702 e. The number of nitrogens with two attached hydrogens (primary N) is 1. The lowest BCUT2D eigenvalue weighted by molar-refractivity contribution is -0.633. The zero-order valence-corrected chi connectivity index (χ0v) is 10.0. The highest BCUT2D eigenvalue weighted by Gasteiger charge is 2.09. The van der Waals surface area contributed by atoms with Crippen LogP contribution in [-0.4, -0.2) is 6.04 Å². The summed E-state index contributed by atoms with van der Waals surface area (Å²) in [6.45, 7) is 0. The van der Waals surface area contributed by atoms with E-state index in [-0.39, 0.29) is 0 Å². The third-order valence-electron chi connectivity index (χ3n) is 3.01. The van der Waals surface area contributed by atoms with Crippen LogP contribution in [-0.2, 0) is 12.8 Å². The van der Waals surface area contributed by atoms with Gasteiger partial charge in [0.1, 0.15) is 0 Å². The molecule has 0 aliphatic rings. The Labute approximate surface area is 103 Å². The predicted molar refractivity (Wildman–Crippen MR) is 71.4 cm³/mol. The fraction of sp³-hybridized carbons (Fsp3) is 0.188. The van der Waals surface area contributed by atoms with Gasteiger partial charge in [-0.2, -0.15) is 7.05 Å². The molecule has 17 heavy (non-hydrogen) atoms. The first-order chi connectivity index (χ1) is 8.38. The molecule has 0 bridgehead atoms. The second kappa shape index (κ2) is 6.21. The minimum absolute atomic E-state index is 0.514. The summed E-state index contributed by atoms with van der Waals surface area (Å²) < 4.78 is 0. The molecule has 0 aliphatic carbocycles. The van der Waals surface area contributed by atoms with E-state index in [4.69, 9.17) is 0 Å². The summed E-state index contributed by atoms with van der Waals surface area (Å²) in [5.41, 5.74) is 2.77. The number of hydrogen-bond acceptors (Lipinski definition) is 0.